The highest BCUT2D eigenvalue weighted by atomic mass is 32.1. The maximum Gasteiger partial charge on any atom is 0.281 e. The first kappa shape index (κ1) is 23.7. The van der Waals surface area contributed by atoms with Gasteiger partial charge in [-0.15, -0.1) is 11.3 Å². The van der Waals surface area contributed by atoms with Crippen molar-refractivity contribution < 1.29 is 19.1 Å². The molecule has 9 heteroatoms. The molecule has 176 valence electrons. The van der Waals surface area contributed by atoms with Gasteiger partial charge in [0.2, 0.25) is 0 Å². The minimum absolute atomic E-state index is 0.125. The number of nitrogens with one attached hydrogen (secondary N) is 2. The Labute approximate surface area is 205 Å². The van der Waals surface area contributed by atoms with E-state index in [1.54, 1.807) is 55.5 Å². The Hall–Kier alpha value is -4.50. The van der Waals surface area contributed by atoms with Crippen molar-refractivity contribution in [3.63, 3.8) is 0 Å². The van der Waals surface area contributed by atoms with Gasteiger partial charge in [0.1, 0.15) is 22.2 Å². The number of aryl methyl sites for hydroxylation is 1. The molecule has 8 nitrogen and oxygen atoms in total. The Morgan fingerprint density at radius 1 is 0.914 bits per heavy atom. The molecule has 0 aliphatic carbocycles. The van der Waals surface area contributed by atoms with Gasteiger partial charge in [0, 0.05) is 11.1 Å². The van der Waals surface area contributed by atoms with Crippen molar-refractivity contribution in [2.24, 2.45) is 5.73 Å². The lowest BCUT2D eigenvalue weighted by atomic mass is 10.1. The fourth-order valence-electron chi connectivity index (χ4n) is 3.31. The lowest BCUT2D eigenvalue weighted by molar-refractivity contribution is 0.0848. The zero-order chi connectivity index (χ0) is 24.8. The number of thiazole rings is 1. The van der Waals surface area contributed by atoms with Crippen LogP contribution in [0.4, 0.5) is 0 Å². The standard InChI is InChI=1S/C26H22N4O4S/c1-16-22(35-26(28-16)18-9-3-2-4-10-18)25(33)30-29-24(32)19-11-7-8-17(14-19)15-34-21-13-6-5-12-20(21)23(27)31/h2-14H,15H2,1H3,(H2,27,31)(H,29,32)(H,30,33). The first-order valence-electron chi connectivity index (χ1n) is 10.7. The SMILES string of the molecule is Cc1nc(-c2ccccc2)sc1C(=O)NNC(=O)c1cccc(COc2ccccc2C(N)=O)c1. The van der Waals surface area contributed by atoms with Crippen molar-refractivity contribution >= 4 is 29.1 Å². The molecule has 1 heterocycles. The summed E-state index contributed by atoms with van der Waals surface area (Å²) in [5.74, 6) is -1.16. The number of nitrogens with zero attached hydrogens (tertiary/aromatic N) is 1. The molecular weight excluding hydrogens is 464 g/mol. The van der Waals surface area contributed by atoms with Crippen molar-refractivity contribution in [3.8, 4) is 16.3 Å². The van der Waals surface area contributed by atoms with E-state index in [9.17, 15) is 14.4 Å². The average Bonchev–Trinajstić information content (AvgIpc) is 3.28. The van der Waals surface area contributed by atoms with E-state index in [-0.39, 0.29) is 12.2 Å². The number of para-hydroxylation sites is 1. The number of amides is 3. The Morgan fingerprint density at radius 2 is 1.63 bits per heavy atom. The van der Waals surface area contributed by atoms with Gasteiger partial charge in [0.15, 0.2) is 0 Å². The van der Waals surface area contributed by atoms with Gasteiger partial charge in [-0.1, -0.05) is 54.6 Å². The van der Waals surface area contributed by atoms with Gasteiger partial charge in [0.05, 0.1) is 11.3 Å². The van der Waals surface area contributed by atoms with Gasteiger partial charge in [-0.2, -0.15) is 0 Å². The molecule has 3 amide bonds. The third kappa shape index (κ3) is 5.71. The molecule has 0 radical (unpaired) electrons. The molecular formula is C26H22N4O4S. The van der Waals surface area contributed by atoms with E-state index >= 15 is 0 Å². The molecule has 0 aliphatic rings. The van der Waals surface area contributed by atoms with Crippen LogP contribution in [-0.2, 0) is 6.61 Å². The predicted molar refractivity (Wildman–Crippen MR) is 133 cm³/mol. The topological polar surface area (TPSA) is 123 Å². The van der Waals surface area contributed by atoms with Crippen molar-refractivity contribution in [1.29, 1.82) is 0 Å². The van der Waals surface area contributed by atoms with E-state index in [0.29, 0.717) is 27.4 Å². The maximum atomic E-state index is 12.6. The van der Waals surface area contributed by atoms with E-state index in [4.69, 9.17) is 10.5 Å². The fraction of sp³-hybridized carbons (Fsp3) is 0.0769. The third-order valence-electron chi connectivity index (χ3n) is 5.05. The van der Waals surface area contributed by atoms with Crippen LogP contribution in [0.3, 0.4) is 0 Å². The van der Waals surface area contributed by atoms with E-state index < -0.39 is 17.7 Å². The number of hydrazine groups is 1. The minimum atomic E-state index is -0.587. The second kappa shape index (κ2) is 10.6. The van der Waals surface area contributed by atoms with Crippen LogP contribution in [0.2, 0.25) is 0 Å². The van der Waals surface area contributed by atoms with Crippen LogP contribution in [0.1, 0.15) is 41.6 Å². The molecule has 0 bridgehead atoms. The Balaban J connectivity index is 1.38. The second-order valence-corrected chi connectivity index (χ2v) is 8.56. The number of ether oxygens (including phenoxy) is 1. The van der Waals surface area contributed by atoms with E-state index in [1.807, 2.05) is 30.3 Å². The minimum Gasteiger partial charge on any atom is -0.488 e. The summed E-state index contributed by atoms with van der Waals surface area (Å²) in [5, 5.41) is 0.727. The van der Waals surface area contributed by atoms with Crippen LogP contribution in [0, 0.1) is 6.92 Å². The molecule has 3 aromatic carbocycles. The monoisotopic (exact) mass is 486 g/mol. The Morgan fingerprint density at radius 3 is 2.40 bits per heavy atom. The summed E-state index contributed by atoms with van der Waals surface area (Å²) in [6, 6.07) is 23.0. The molecule has 0 saturated heterocycles. The molecule has 4 rings (SSSR count). The van der Waals surface area contributed by atoms with Gasteiger partial charge >= 0.3 is 0 Å². The molecule has 4 N–H and O–H groups in total. The van der Waals surface area contributed by atoms with Gasteiger partial charge in [-0.3, -0.25) is 25.2 Å². The highest BCUT2D eigenvalue weighted by Crippen LogP contribution is 2.27. The predicted octanol–water partition coefficient (Wildman–Crippen LogP) is 3.87. The molecule has 35 heavy (non-hydrogen) atoms. The van der Waals surface area contributed by atoms with Crippen LogP contribution in [0.15, 0.2) is 78.9 Å². The Kier molecular flexibility index (Phi) is 7.18. The number of carbonyl (C=O) groups excluding carboxylic acids is 3. The molecule has 1 aromatic heterocycles. The van der Waals surface area contributed by atoms with E-state index in [0.717, 1.165) is 10.6 Å². The van der Waals surface area contributed by atoms with Crippen LogP contribution in [-0.4, -0.2) is 22.7 Å². The van der Waals surface area contributed by atoms with Gasteiger partial charge in [0.25, 0.3) is 17.7 Å². The largest absolute Gasteiger partial charge is 0.488 e. The van der Waals surface area contributed by atoms with Crippen LogP contribution in [0.25, 0.3) is 10.6 Å². The summed E-state index contributed by atoms with van der Waals surface area (Å²) in [4.78, 5) is 41.7. The molecule has 0 saturated carbocycles. The molecule has 0 spiro atoms. The number of hydrogen-bond donors (Lipinski definition) is 3. The summed E-state index contributed by atoms with van der Waals surface area (Å²) in [6.07, 6.45) is 0. The number of nitrogens with two attached hydrogens (primary N) is 1. The summed E-state index contributed by atoms with van der Waals surface area (Å²) in [6.45, 7) is 1.87. The molecule has 0 aliphatic heterocycles. The normalized spacial score (nSPS) is 10.4. The summed E-state index contributed by atoms with van der Waals surface area (Å²) in [7, 11) is 0. The maximum absolute atomic E-state index is 12.6. The van der Waals surface area contributed by atoms with Crippen molar-refractivity contribution in [2.75, 3.05) is 0 Å². The molecule has 0 atom stereocenters. The highest BCUT2D eigenvalue weighted by molar-refractivity contribution is 7.17. The summed E-state index contributed by atoms with van der Waals surface area (Å²) in [5.41, 5.74) is 13.1. The number of hydrogen-bond acceptors (Lipinski definition) is 6. The lowest BCUT2D eigenvalue weighted by Gasteiger charge is -2.11. The zero-order valence-corrected chi connectivity index (χ0v) is 19.6. The number of aromatic nitrogens is 1. The zero-order valence-electron chi connectivity index (χ0n) is 18.8. The quantitative estimate of drug-likeness (QED) is 0.342. The average molecular weight is 487 g/mol. The van der Waals surface area contributed by atoms with Crippen molar-refractivity contribution in [3.05, 3.63) is 106 Å². The fourth-order valence-corrected chi connectivity index (χ4v) is 4.28. The van der Waals surface area contributed by atoms with E-state index in [2.05, 4.69) is 15.8 Å². The van der Waals surface area contributed by atoms with Crippen LogP contribution < -0.4 is 21.3 Å². The van der Waals surface area contributed by atoms with Crippen molar-refractivity contribution in [2.45, 2.75) is 13.5 Å². The van der Waals surface area contributed by atoms with E-state index in [1.165, 1.54) is 11.3 Å². The van der Waals surface area contributed by atoms with Gasteiger partial charge in [-0.05, 0) is 36.8 Å². The second-order valence-electron chi connectivity index (χ2n) is 7.56. The molecule has 0 fully saturated rings. The third-order valence-corrected chi connectivity index (χ3v) is 6.25. The van der Waals surface area contributed by atoms with Crippen LogP contribution in [0.5, 0.6) is 5.75 Å². The van der Waals surface area contributed by atoms with Crippen molar-refractivity contribution in [1.82, 2.24) is 15.8 Å². The number of carbonyl (C=O) groups is 3. The highest BCUT2D eigenvalue weighted by Gasteiger charge is 2.17. The van der Waals surface area contributed by atoms with Gasteiger partial charge in [-0.25, -0.2) is 4.98 Å². The van der Waals surface area contributed by atoms with Crippen LogP contribution >= 0.6 is 11.3 Å². The smallest absolute Gasteiger partial charge is 0.281 e. The van der Waals surface area contributed by atoms with Gasteiger partial charge < -0.3 is 10.5 Å². The summed E-state index contributed by atoms with van der Waals surface area (Å²) < 4.78 is 5.72. The lowest BCUT2D eigenvalue weighted by Crippen LogP contribution is -2.41. The summed E-state index contributed by atoms with van der Waals surface area (Å²) >= 11 is 1.25. The first-order valence-corrected chi connectivity index (χ1v) is 11.5. The number of rotatable bonds is 7. The Bertz CT molecular complexity index is 1390. The molecule has 4 aromatic rings. The number of primary amides is 1. The first-order chi connectivity index (χ1) is 16.9. The molecule has 0 unspecified atom stereocenters. The number of benzene rings is 3.